The van der Waals surface area contributed by atoms with Gasteiger partial charge in [0.1, 0.15) is 16.4 Å². The van der Waals surface area contributed by atoms with Gasteiger partial charge in [-0.05, 0) is 29.7 Å². The molecule has 3 heterocycles. The number of nitrogens with zero attached hydrogens (tertiary/aromatic N) is 2. The van der Waals surface area contributed by atoms with E-state index in [-0.39, 0.29) is 17.9 Å². The molecule has 0 amide bonds. The monoisotopic (exact) mass is 422 g/mol. The third-order valence-corrected chi connectivity index (χ3v) is 6.00. The smallest absolute Gasteiger partial charge is 0.373 e. The van der Waals surface area contributed by atoms with Crippen LogP contribution in [0.5, 0.6) is 0 Å². The maximum atomic E-state index is 13.5. The summed E-state index contributed by atoms with van der Waals surface area (Å²) in [5, 5.41) is 2.60. The number of fused-ring (bicyclic) bond motifs is 1. The molecule has 4 aromatic rings. The molecule has 0 atom stereocenters. The Morgan fingerprint density at radius 3 is 2.57 bits per heavy atom. The summed E-state index contributed by atoms with van der Waals surface area (Å²) in [5.41, 5.74) is 3.03. The minimum absolute atomic E-state index is 0.108. The molecule has 30 heavy (non-hydrogen) atoms. The number of rotatable bonds is 6. The van der Waals surface area contributed by atoms with Crippen LogP contribution in [0, 0.1) is 0 Å². The Hall–Kier alpha value is -3.19. The van der Waals surface area contributed by atoms with Gasteiger partial charge in [-0.25, -0.2) is 9.78 Å². The molecule has 0 aliphatic heterocycles. The fourth-order valence-corrected chi connectivity index (χ4v) is 4.42. The van der Waals surface area contributed by atoms with Gasteiger partial charge in [0.2, 0.25) is 5.76 Å². The Bertz CT molecular complexity index is 1260. The normalized spacial score (nSPS) is 11.2. The van der Waals surface area contributed by atoms with Crippen molar-refractivity contribution in [2.75, 3.05) is 7.11 Å². The topological polar surface area (TPSA) is 74.3 Å². The second-order valence-electron chi connectivity index (χ2n) is 6.91. The minimum atomic E-state index is -0.548. The molecule has 0 saturated carbocycles. The molecule has 0 N–H and O–H groups in total. The van der Waals surface area contributed by atoms with E-state index < -0.39 is 5.97 Å². The molecule has 7 heteroatoms. The van der Waals surface area contributed by atoms with E-state index in [0.29, 0.717) is 23.4 Å². The van der Waals surface area contributed by atoms with Crippen molar-refractivity contribution in [2.24, 2.45) is 0 Å². The van der Waals surface area contributed by atoms with Crippen molar-refractivity contribution in [1.82, 2.24) is 9.55 Å². The predicted octanol–water partition coefficient (Wildman–Crippen LogP) is 4.68. The van der Waals surface area contributed by atoms with Crippen LogP contribution in [-0.2, 0) is 24.1 Å². The lowest BCUT2D eigenvalue weighted by Gasteiger charge is -2.10. The maximum Gasteiger partial charge on any atom is 0.373 e. The van der Waals surface area contributed by atoms with E-state index in [0.717, 1.165) is 22.4 Å². The van der Waals surface area contributed by atoms with Crippen LogP contribution >= 0.6 is 11.3 Å². The summed E-state index contributed by atoms with van der Waals surface area (Å²) in [6, 6.07) is 11.5. The highest BCUT2D eigenvalue weighted by atomic mass is 32.1. The fraction of sp³-hybridized carbons (Fsp3) is 0.261. The number of aromatic nitrogens is 2. The van der Waals surface area contributed by atoms with Crippen molar-refractivity contribution < 1.29 is 13.9 Å². The Balaban J connectivity index is 1.81. The SMILES string of the molecule is CCc1ccc(-c2csc3nc(CC)n(Cc4ccc(C(=O)OC)o4)c(=O)c23)cc1. The zero-order valence-corrected chi connectivity index (χ0v) is 17.9. The quantitative estimate of drug-likeness (QED) is 0.422. The largest absolute Gasteiger partial charge is 0.463 e. The van der Waals surface area contributed by atoms with Gasteiger partial charge in [0.25, 0.3) is 5.56 Å². The van der Waals surface area contributed by atoms with Crippen molar-refractivity contribution in [3.05, 3.63) is 75.0 Å². The summed E-state index contributed by atoms with van der Waals surface area (Å²) >= 11 is 1.48. The molecule has 0 fully saturated rings. The van der Waals surface area contributed by atoms with Gasteiger partial charge in [-0.15, -0.1) is 11.3 Å². The number of methoxy groups -OCH3 is 1. The second-order valence-corrected chi connectivity index (χ2v) is 7.77. The van der Waals surface area contributed by atoms with Crippen molar-refractivity contribution in [3.63, 3.8) is 0 Å². The molecule has 0 radical (unpaired) electrons. The number of ether oxygens (including phenoxy) is 1. The number of esters is 1. The molecular weight excluding hydrogens is 400 g/mol. The summed E-state index contributed by atoms with van der Waals surface area (Å²) in [5.74, 6) is 0.740. The van der Waals surface area contributed by atoms with Crippen molar-refractivity contribution in [3.8, 4) is 11.1 Å². The summed E-state index contributed by atoms with van der Waals surface area (Å²) < 4.78 is 11.9. The van der Waals surface area contributed by atoms with Gasteiger partial charge in [-0.1, -0.05) is 38.1 Å². The molecule has 0 spiro atoms. The van der Waals surface area contributed by atoms with Gasteiger partial charge in [0, 0.05) is 17.4 Å². The lowest BCUT2D eigenvalue weighted by Crippen LogP contribution is -2.25. The maximum absolute atomic E-state index is 13.5. The number of hydrogen-bond donors (Lipinski definition) is 0. The molecule has 4 rings (SSSR count). The predicted molar refractivity (Wildman–Crippen MR) is 117 cm³/mol. The molecule has 3 aromatic heterocycles. The van der Waals surface area contributed by atoms with Gasteiger partial charge >= 0.3 is 5.97 Å². The van der Waals surface area contributed by atoms with E-state index in [1.165, 1.54) is 24.0 Å². The zero-order valence-electron chi connectivity index (χ0n) is 17.1. The molecular formula is C23H22N2O4S. The number of hydrogen-bond acceptors (Lipinski definition) is 6. The van der Waals surface area contributed by atoms with Crippen LogP contribution in [-0.4, -0.2) is 22.6 Å². The Kier molecular flexibility index (Phi) is 5.55. The third-order valence-electron chi connectivity index (χ3n) is 5.12. The molecule has 0 aliphatic carbocycles. The Morgan fingerprint density at radius 1 is 1.13 bits per heavy atom. The number of furan rings is 1. The number of benzene rings is 1. The molecule has 6 nitrogen and oxygen atoms in total. The molecule has 154 valence electrons. The summed E-state index contributed by atoms with van der Waals surface area (Å²) in [7, 11) is 1.30. The standard InChI is InChI=1S/C23H22N2O4S/c1-4-14-6-8-15(9-7-14)17-13-30-21-20(17)22(26)25(19(5-2)24-21)12-16-10-11-18(29-16)23(27)28-3/h6-11,13H,4-5,12H2,1-3H3. The van der Waals surface area contributed by atoms with Crippen LogP contribution in [0.4, 0.5) is 0 Å². The van der Waals surface area contributed by atoms with Gasteiger partial charge in [0.05, 0.1) is 19.0 Å². The van der Waals surface area contributed by atoms with E-state index in [2.05, 4.69) is 23.8 Å². The number of aryl methyl sites for hydroxylation is 2. The van der Waals surface area contributed by atoms with E-state index in [1.54, 1.807) is 16.7 Å². The second kappa shape index (κ2) is 8.28. The van der Waals surface area contributed by atoms with E-state index in [1.807, 2.05) is 24.4 Å². The van der Waals surface area contributed by atoms with Crippen molar-refractivity contribution >= 4 is 27.5 Å². The summed E-state index contributed by atoms with van der Waals surface area (Å²) in [6.07, 6.45) is 1.57. The van der Waals surface area contributed by atoms with Crippen LogP contribution in [0.1, 0.15) is 41.6 Å². The van der Waals surface area contributed by atoms with Gasteiger partial charge in [-0.3, -0.25) is 9.36 Å². The Morgan fingerprint density at radius 2 is 1.90 bits per heavy atom. The van der Waals surface area contributed by atoms with E-state index >= 15 is 0 Å². The van der Waals surface area contributed by atoms with E-state index in [4.69, 9.17) is 9.40 Å². The first-order valence-electron chi connectivity index (χ1n) is 9.82. The minimum Gasteiger partial charge on any atom is -0.463 e. The number of carbonyl (C=O) groups is 1. The van der Waals surface area contributed by atoms with Crippen LogP contribution in [0.15, 0.2) is 51.0 Å². The average Bonchev–Trinajstić information content (AvgIpc) is 3.42. The Labute approximate surface area is 177 Å². The van der Waals surface area contributed by atoms with Crippen LogP contribution < -0.4 is 5.56 Å². The van der Waals surface area contributed by atoms with Crippen molar-refractivity contribution in [1.29, 1.82) is 0 Å². The highest BCUT2D eigenvalue weighted by Crippen LogP contribution is 2.31. The molecule has 1 aromatic carbocycles. The van der Waals surface area contributed by atoms with Crippen molar-refractivity contribution in [2.45, 2.75) is 33.2 Å². The lowest BCUT2D eigenvalue weighted by molar-refractivity contribution is 0.0563. The summed E-state index contributed by atoms with van der Waals surface area (Å²) in [6.45, 7) is 4.28. The van der Waals surface area contributed by atoms with Crippen LogP contribution in [0.2, 0.25) is 0 Å². The van der Waals surface area contributed by atoms with Gasteiger partial charge in [0.15, 0.2) is 0 Å². The molecule has 0 aliphatic rings. The summed E-state index contributed by atoms with van der Waals surface area (Å²) in [4.78, 5) is 30.6. The fourth-order valence-electron chi connectivity index (χ4n) is 3.46. The molecule has 0 unspecified atom stereocenters. The van der Waals surface area contributed by atoms with Gasteiger partial charge < -0.3 is 9.15 Å². The molecule has 0 saturated heterocycles. The van der Waals surface area contributed by atoms with Gasteiger partial charge in [-0.2, -0.15) is 0 Å². The van der Waals surface area contributed by atoms with E-state index in [9.17, 15) is 9.59 Å². The third kappa shape index (κ3) is 3.57. The zero-order chi connectivity index (χ0) is 21.3. The first kappa shape index (κ1) is 20.1. The highest BCUT2D eigenvalue weighted by Gasteiger charge is 2.18. The first-order chi connectivity index (χ1) is 14.5. The lowest BCUT2D eigenvalue weighted by atomic mass is 10.0. The number of thiophene rings is 1. The molecule has 0 bridgehead atoms. The average molecular weight is 423 g/mol. The highest BCUT2D eigenvalue weighted by molar-refractivity contribution is 7.17. The van der Waals surface area contributed by atoms with Crippen LogP contribution in [0.3, 0.4) is 0 Å². The number of carbonyl (C=O) groups excluding carboxylic acids is 1. The van der Waals surface area contributed by atoms with Crippen LogP contribution in [0.25, 0.3) is 21.3 Å². The first-order valence-corrected chi connectivity index (χ1v) is 10.7.